The molecule has 0 N–H and O–H groups in total. The average molecular weight is 1250 g/mol. The van der Waals surface area contributed by atoms with Crippen LogP contribution in [0, 0.1) is 0 Å². The Morgan fingerprint density at radius 1 is 0.613 bits per heavy atom. The fourth-order valence-corrected chi connectivity index (χ4v) is 12.3. The van der Waals surface area contributed by atoms with Gasteiger partial charge in [-0.3, -0.25) is 44.1 Å². The predicted octanol–water partition coefficient (Wildman–Crippen LogP) is 13.3. The Bertz CT molecular complexity index is 4160. The van der Waals surface area contributed by atoms with Crippen LogP contribution in [0.1, 0.15) is 127 Å². The lowest BCUT2D eigenvalue weighted by atomic mass is 9.90. The monoisotopic (exact) mass is 1250 g/mol. The molecule has 19 heteroatoms. The minimum absolute atomic E-state index is 0.0670. The lowest BCUT2D eigenvalue weighted by Crippen LogP contribution is -2.32. The van der Waals surface area contributed by atoms with Crippen LogP contribution in [0.25, 0.3) is 22.3 Å². The summed E-state index contributed by atoms with van der Waals surface area (Å²) in [5.74, 6) is -0.980. The zero-order valence-corrected chi connectivity index (χ0v) is 51.6. The van der Waals surface area contributed by atoms with Crippen molar-refractivity contribution in [1.82, 2.24) is 44.2 Å². The second kappa shape index (κ2) is 28.5. The van der Waals surface area contributed by atoms with Crippen molar-refractivity contribution in [1.29, 1.82) is 0 Å². The molecule has 6 aromatic heterocycles. The molecular formula is C74H68F3N9O7. The van der Waals surface area contributed by atoms with Gasteiger partial charge in [-0.25, -0.2) is 9.78 Å². The molecule has 0 aliphatic carbocycles. The van der Waals surface area contributed by atoms with Crippen molar-refractivity contribution in [3.8, 4) is 22.9 Å². The first-order valence-electron chi connectivity index (χ1n) is 31.2. The molecule has 2 aliphatic heterocycles. The molecule has 0 saturated heterocycles. The molecule has 4 aromatic carbocycles. The number of hydrogen-bond acceptors (Lipinski definition) is 14. The van der Waals surface area contributed by atoms with Crippen molar-refractivity contribution in [2.24, 2.45) is 0 Å². The van der Waals surface area contributed by atoms with Gasteiger partial charge >= 0.3 is 18.1 Å². The standard InChI is InChI=1S/C74H68F3N9O7/c1-3-61-64-38-59(27-28-67(64)82-69-65(61)47-86-68(69)39-63-62(4-2)73(90)92-48-66(63)71(86)88)93-72(89)53-21-19-49(20-22-53)42-85(70(87)52-23-25-54(26-24-52)74(75,76)77)33-13-14-34-91-60-36-50(40-83(43-55-15-5-9-29-78-55)44-56-16-6-10-30-79-56)35-51(37-60)41-84(45-57-17-7-11-31-80-57)46-58-18-8-12-32-81-58/h5-12,15-32,35-39,62H,3-4,13-14,33-34,40-48H2,1-2H3. The molecule has 93 heavy (non-hydrogen) atoms. The van der Waals surface area contributed by atoms with Gasteiger partial charge in [0.1, 0.15) is 18.1 Å². The van der Waals surface area contributed by atoms with Gasteiger partial charge in [-0.05, 0) is 175 Å². The molecule has 0 fully saturated rings. The summed E-state index contributed by atoms with van der Waals surface area (Å²) in [7, 11) is 0. The Balaban J connectivity index is 0.748. The Labute approximate surface area is 536 Å². The molecule has 0 radical (unpaired) electrons. The third-order valence-corrected chi connectivity index (χ3v) is 16.8. The number of esters is 2. The smallest absolute Gasteiger partial charge is 0.416 e. The molecule has 0 saturated carbocycles. The fraction of sp³-hybridized carbons (Fsp3) is 0.257. The van der Waals surface area contributed by atoms with E-state index >= 15 is 0 Å². The van der Waals surface area contributed by atoms with Crippen LogP contribution < -0.4 is 15.0 Å². The molecule has 472 valence electrons. The number of unbranched alkanes of at least 4 members (excludes halogenated alkanes) is 1. The number of ether oxygens (including phenoxy) is 3. The van der Waals surface area contributed by atoms with Crippen LogP contribution >= 0.6 is 0 Å². The zero-order valence-electron chi connectivity index (χ0n) is 51.6. The molecular weight excluding hydrogens is 1180 g/mol. The molecule has 12 rings (SSSR count). The predicted molar refractivity (Wildman–Crippen MR) is 344 cm³/mol. The summed E-state index contributed by atoms with van der Waals surface area (Å²) in [6.07, 6.45) is 4.71. The second-order valence-electron chi connectivity index (χ2n) is 23.4. The van der Waals surface area contributed by atoms with E-state index in [0.29, 0.717) is 123 Å². The van der Waals surface area contributed by atoms with Crippen LogP contribution in [-0.2, 0) is 81.1 Å². The summed E-state index contributed by atoms with van der Waals surface area (Å²) in [5.41, 5.74) is 10.7. The summed E-state index contributed by atoms with van der Waals surface area (Å²) < 4.78 is 60.8. The van der Waals surface area contributed by atoms with E-state index in [1.54, 1.807) is 76.7 Å². The van der Waals surface area contributed by atoms with E-state index in [1.807, 2.05) is 92.7 Å². The van der Waals surface area contributed by atoms with Crippen molar-refractivity contribution >= 4 is 28.7 Å². The third-order valence-electron chi connectivity index (χ3n) is 16.8. The number of amides is 1. The summed E-state index contributed by atoms with van der Waals surface area (Å²) >= 11 is 0. The molecule has 2 aliphatic rings. The quantitative estimate of drug-likeness (QED) is 0.0300. The van der Waals surface area contributed by atoms with E-state index < -0.39 is 29.5 Å². The first-order valence-corrected chi connectivity index (χ1v) is 31.2. The van der Waals surface area contributed by atoms with Crippen LogP contribution in [0.5, 0.6) is 11.5 Å². The van der Waals surface area contributed by atoms with Crippen LogP contribution in [0.3, 0.4) is 0 Å². The molecule has 1 unspecified atom stereocenters. The number of aromatic nitrogens is 6. The summed E-state index contributed by atoms with van der Waals surface area (Å²) in [6.45, 7) is 8.17. The maximum atomic E-state index is 14.3. The molecule has 0 bridgehead atoms. The van der Waals surface area contributed by atoms with E-state index in [1.165, 1.54) is 12.1 Å². The topological polar surface area (TPSA) is 175 Å². The van der Waals surface area contributed by atoms with Gasteiger partial charge in [0.25, 0.3) is 11.5 Å². The highest BCUT2D eigenvalue weighted by Gasteiger charge is 2.35. The normalized spacial score (nSPS) is 13.4. The van der Waals surface area contributed by atoms with Crippen molar-refractivity contribution < 1.29 is 41.8 Å². The van der Waals surface area contributed by atoms with Crippen molar-refractivity contribution in [3.63, 3.8) is 0 Å². The molecule has 0 spiro atoms. The highest BCUT2D eigenvalue weighted by molar-refractivity contribution is 5.95. The molecule has 10 aromatic rings. The first-order chi connectivity index (χ1) is 45.2. The Morgan fingerprint density at radius 3 is 1.73 bits per heavy atom. The molecule has 8 heterocycles. The highest BCUT2D eigenvalue weighted by atomic mass is 19.4. The van der Waals surface area contributed by atoms with Crippen molar-refractivity contribution in [3.05, 3.63) is 277 Å². The van der Waals surface area contributed by atoms with Crippen molar-refractivity contribution in [2.45, 2.75) is 111 Å². The van der Waals surface area contributed by atoms with E-state index in [4.69, 9.17) is 19.2 Å². The zero-order chi connectivity index (χ0) is 64.4. The number of cyclic esters (lactones) is 1. The van der Waals surface area contributed by atoms with E-state index in [9.17, 15) is 32.3 Å². The largest absolute Gasteiger partial charge is 0.494 e. The number of aryl methyl sites for hydroxylation is 1. The number of halogens is 3. The molecule has 1 amide bonds. The van der Waals surface area contributed by atoms with Gasteiger partial charge in [-0.2, -0.15) is 13.2 Å². The number of pyridine rings is 6. The van der Waals surface area contributed by atoms with Gasteiger partial charge in [-0.1, -0.05) is 56.3 Å². The maximum Gasteiger partial charge on any atom is 0.416 e. The molecule has 16 nitrogen and oxygen atoms in total. The number of alkyl halides is 3. The van der Waals surface area contributed by atoms with E-state index in [-0.39, 0.29) is 42.4 Å². The summed E-state index contributed by atoms with van der Waals surface area (Å²) in [5, 5.41) is 0.778. The van der Waals surface area contributed by atoms with Crippen molar-refractivity contribution in [2.75, 3.05) is 13.2 Å². The maximum absolute atomic E-state index is 14.3. The van der Waals surface area contributed by atoms with Crippen LogP contribution in [-0.4, -0.2) is 75.2 Å². The second-order valence-corrected chi connectivity index (χ2v) is 23.4. The van der Waals surface area contributed by atoms with E-state index in [2.05, 4.69) is 47.9 Å². The average Bonchev–Trinajstić information content (AvgIpc) is 1.61. The minimum Gasteiger partial charge on any atom is -0.494 e. The van der Waals surface area contributed by atoms with Crippen LogP contribution in [0.2, 0.25) is 0 Å². The Morgan fingerprint density at radius 2 is 1.19 bits per heavy atom. The van der Waals surface area contributed by atoms with Gasteiger partial charge in [0.05, 0.1) is 75.4 Å². The van der Waals surface area contributed by atoms with Gasteiger partial charge in [-0.15, -0.1) is 0 Å². The third kappa shape index (κ3) is 15.1. The summed E-state index contributed by atoms with van der Waals surface area (Å²) in [6, 6.07) is 47.9. The van der Waals surface area contributed by atoms with Gasteiger partial charge in [0, 0.05) is 93.7 Å². The fourth-order valence-electron chi connectivity index (χ4n) is 12.3. The Kier molecular flexibility index (Phi) is 19.3. The SMILES string of the molecule is CCc1c2c(nc3ccc(OC(=O)c4ccc(CN(CCCCOc5cc(CN(Cc6ccccn6)Cc6ccccn6)cc(CN(Cc6ccccn6)Cc6ccccn6)c5)C(=O)c5ccc(C(F)(F)F)cc5)cc4)cc13)-c1cc3c(c(=O)n1C2)COC(=O)C3CC. The Hall–Kier alpha value is -10.2. The lowest BCUT2D eigenvalue weighted by molar-refractivity contribution is -0.148. The summed E-state index contributed by atoms with van der Waals surface area (Å²) in [4.78, 5) is 84.5. The minimum atomic E-state index is -4.58. The van der Waals surface area contributed by atoms with Gasteiger partial charge in [0.15, 0.2) is 0 Å². The number of nitrogens with zero attached hydrogens (tertiary/aromatic N) is 9. The number of fused-ring (bicyclic) bond motifs is 5. The highest BCUT2D eigenvalue weighted by Crippen LogP contribution is 2.40. The number of carbonyl (C=O) groups is 3. The van der Waals surface area contributed by atoms with Crippen LogP contribution in [0.4, 0.5) is 13.2 Å². The number of carbonyl (C=O) groups excluding carboxylic acids is 3. The lowest BCUT2D eigenvalue weighted by Gasteiger charge is -2.25. The first kappa shape index (κ1) is 62.9. The van der Waals surface area contributed by atoms with Crippen LogP contribution in [0.15, 0.2) is 193 Å². The van der Waals surface area contributed by atoms with Gasteiger partial charge in [0.2, 0.25) is 0 Å². The number of hydrogen-bond donors (Lipinski definition) is 0. The number of benzene rings is 4. The van der Waals surface area contributed by atoms with Gasteiger partial charge < -0.3 is 23.7 Å². The van der Waals surface area contributed by atoms with E-state index in [0.717, 1.165) is 62.5 Å². The molecule has 1 atom stereocenters. The number of rotatable bonds is 25.